The molecule has 0 fully saturated rings. The average Bonchev–Trinajstić information content (AvgIpc) is 2.64. The molecule has 0 atom stereocenters. The van der Waals surface area contributed by atoms with E-state index in [9.17, 15) is 22.4 Å². The van der Waals surface area contributed by atoms with Crippen LogP contribution in [0.2, 0.25) is 0 Å². The monoisotopic (exact) mass is 406 g/mol. The van der Waals surface area contributed by atoms with E-state index in [-0.39, 0.29) is 29.7 Å². The number of nitrogens with one attached hydrogen (secondary N) is 1. The smallest absolute Gasteiger partial charge is 0.416 e. The Bertz CT molecular complexity index is 1060. The van der Waals surface area contributed by atoms with Gasteiger partial charge in [-0.15, -0.1) is 0 Å². The van der Waals surface area contributed by atoms with Gasteiger partial charge in [-0.05, 0) is 55.8 Å². The highest BCUT2D eigenvalue weighted by atomic mass is 19.4. The molecule has 4 nitrogen and oxygen atoms in total. The fourth-order valence-electron chi connectivity index (χ4n) is 2.82. The van der Waals surface area contributed by atoms with Gasteiger partial charge < -0.3 is 10.1 Å². The molecule has 3 rings (SSSR count). The fraction of sp³-hybridized carbons (Fsp3) is 0.143. The largest absolute Gasteiger partial charge is 0.455 e. The number of ether oxygens (including phenoxy) is 1. The molecule has 152 valence electrons. The van der Waals surface area contributed by atoms with Crippen molar-refractivity contribution in [2.45, 2.75) is 20.0 Å². The molecule has 1 heterocycles. The number of amides is 1. The Kier molecular flexibility index (Phi) is 5.54. The van der Waals surface area contributed by atoms with Gasteiger partial charge in [0.25, 0.3) is 5.91 Å². The third-order valence-corrected chi connectivity index (χ3v) is 4.21. The molecule has 0 radical (unpaired) electrons. The van der Waals surface area contributed by atoms with Gasteiger partial charge in [0.05, 0.1) is 16.8 Å². The summed E-state index contributed by atoms with van der Waals surface area (Å²) in [5, 5.41) is 2.57. The van der Waals surface area contributed by atoms with Crippen LogP contribution in [0.1, 0.15) is 28.6 Å². The maximum atomic E-state index is 13.4. The van der Waals surface area contributed by atoms with Gasteiger partial charge >= 0.3 is 6.18 Å². The molecule has 8 heteroatoms. The number of para-hydroxylation sites is 1. The Balaban J connectivity index is 0.00000320. The summed E-state index contributed by atoms with van der Waals surface area (Å²) in [5.41, 5.74) is -0.891. The molecule has 3 aromatic rings. The van der Waals surface area contributed by atoms with Crippen LogP contribution in [-0.2, 0) is 6.18 Å². The molecular weight excluding hydrogens is 388 g/mol. The summed E-state index contributed by atoms with van der Waals surface area (Å²) in [4.78, 5) is 16.4. The number of aromatic nitrogens is 1. The lowest BCUT2D eigenvalue weighted by atomic mass is 10.00. The molecule has 0 saturated carbocycles. The van der Waals surface area contributed by atoms with Crippen LogP contribution in [0.3, 0.4) is 0 Å². The molecule has 0 aliphatic heterocycles. The van der Waals surface area contributed by atoms with Crippen LogP contribution in [0.5, 0.6) is 11.5 Å². The number of anilines is 1. The second-order valence-corrected chi connectivity index (χ2v) is 6.25. The molecule has 0 unspecified atom stereocenters. The number of pyridine rings is 1. The van der Waals surface area contributed by atoms with E-state index in [1.807, 2.05) is 0 Å². The number of hydrogen-bond donors (Lipinski definition) is 1. The summed E-state index contributed by atoms with van der Waals surface area (Å²) in [6.45, 7) is 2.68. The summed E-state index contributed by atoms with van der Waals surface area (Å²) in [7, 11) is 0. The van der Waals surface area contributed by atoms with E-state index in [4.69, 9.17) is 4.74 Å². The van der Waals surface area contributed by atoms with E-state index in [1.54, 1.807) is 30.3 Å². The number of halogens is 4. The molecule has 1 N–H and O–H groups in total. The highest BCUT2D eigenvalue weighted by molar-refractivity contribution is 6.07. The minimum absolute atomic E-state index is 0. The Morgan fingerprint density at radius 3 is 2.28 bits per heavy atom. The molecule has 1 amide bonds. The number of aryl methyl sites for hydroxylation is 1. The Morgan fingerprint density at radius 1 is 1.00 bits per heavy atom. The first-order valence-corrected chi connectivity index (χ1v) is 8.55. The first-order valence-electron chi connectivity index (χ1n) is 8.55. The highest BCUT2D eigenvalue weighted by Gasteiger charge is 2.35. The molecule has 0 aliphatic carbocycles. The van der Waals surface area contributed by atoms with Gasteiger partial charge in [-0.1, -0.05) is 18.2 Å². The van der Waals surface area contributed by atoms with Gasteiger partial charge in [-0.2, -0.15) is 17.6 Å². The van der Waals surface area contributed by atoms with E-state index in [1.165, 1.54) is 19.9 Å². The predicted molar refractivity (Wildman–Crippen MR) is 102 cm³/mol. The maximum absolute atomic E-state index is 13.4. The standard InChI is InChI=1S/C21H16F4N2O2.H2/c1-12-15(21(23,24)25)8-9-17(29-16-10-11-18(22)26-13(16)2)19(12)20(28)27-14-6-4-3-5-7-14;/h3-11H,1-2H3,(H,27,28);1H. The Morgan fingerprint density at radius 2 is 1.66 bits per heavy atom. The van der Waals surface area contributed by atoms with Crippen molar-refractivity contribution in [3.63, 3.8) is 0 Å². The zero-order chi connectivity index (χ0) is 21.2. The maximum Gasteiger partial charge on any atom is 0.416 e. The molecule has 0 bridgehead atoms. The summed E-state index contributed by atoms with van der Waals surface area (Å²) in [6, 6.07) is 12.6. The highest BCUT2D eigenvalue weighted by Crippen LogP contribution is 2.38. The van der Waals surface area contributed by atoms with Crippen molar-refractivity contribution >= 4 is 11.6 Å². The van der Waals surface area contributed by atoms with Gasteiger partial charge in [0.1, 0.15) is 11.5 Å². The Hall–Kier alpha value is -3.42. The number of carbonyl (C=O) groups is 1. The lowest BCUT2D eigenvalue weighted by Gasteiger charge is -2.18. The third-order valence-electron chi connectivity index (χ3n) is 4.21. The number of benzene rings is 2. The van der Waals surface area contributed by atoms with Crippen molar-refractivity contribution in [3.8, 4) is 11.5 Å². The van der Waals surface area contributed by atoms with Crippen molar-refractivity contribution in [1.82, 2.24) is 4.98 Å². The number of nitrogens with zero attached hydrogens (tertiary/aromatic N) is 1. The molecule has 29 heavy (non-hydrogen) atoms. The van der Waals surface area contributed by atoms with Crippen LogP contribution in [0.15, 0.2) is 54.6 Å². The second kappa shape index (κ2) is 7.90. The van der Waals surface area contributed by atoms with Crippen molar-refractivity contribution in [2.75, 3.05) is 5.32 Å². The van der Waals surface area contributed by atoms with Crippen molar-refractivity contribution in [1.29, 1.82) is 0 Å². The first-order chi connectivity index (χ1) is 13.7. The SMILES string of the molecule is Cc1nc(F)ccc1Oc1ccc(C(F)(F)F)c(C)c1C(=O)Nc1ccccc1.[HH]. The van der Waals surface area contributed by atoms with Crippen LogP contribution in [0, 0.1) is 19.8 Å². The quantitative estimate of drug-likeness (QED) is 0.418. The van der Waals surface area contributed by atoms with E-state index >= 15 is 0 Å². The average molecular weight is 406 g/mol. The van der Waals surface area contributed by atoms with Gasteiger partial charge in [0, 0.05) is 7.11 Å². The van der Waals surface area contributed by atoms with Gasteiger partial charge in [0.15, 0.2) is 0 Å². The van der Waals surface area contributed by atoms with Gasteiger partial charge in [0.2, 0.25) is 5.95 Å². The zero-order valence-electron chi connectivity index (χ0n) is 15.5. The van der Waals surface area contributed by atoms with Crippen LogP contribution in [-0.4, -0.2) is 10.9 Å². The fourth-order valence-corrected chi connectivity index (χ4v) is 2.82. The minimum atomic E-state index is -4.64. The van der Waals surface area contributed by atoms with Gasteiger partial charge in [-0.3, -0.25) is 4.79 Å². The Labute approximate surface area is 165 Å². The molecule has 0 saturated heterocycles. The number of hydrogen-bond acceptors (Lipinski definition) is 3. The third kappa shape index (κ3) is 4.53. The van der Waals surface area contributed by atoms with E-state index in [0.717, 1.165) is 18.2 Å². The summed E-state index contributed by atoms with van der Waals surface area (Å²) in [5.74, 6) is -1.46. The molecular formula is C21H18F4N2O2. The number of carbonyl (C=O) groups excluding carboxylic acids is 1. The molecule has 0 aliphatic rings. The molecule has 0 spiro atoms. The number of rotatable bonds is 4. The van der Waals surface area contributed by atoms with Gasteiger partial charge in [-0.25, -0.2) is 4.98 Å². The summed E-state index contributed by atoms with van der Waals surface area (Å²) in [6.07, 6.45) is -4.64. The topological polar surface area (TPSA) is 51.2 Å². The van der Waals surface area contributed by atoms with Crippen LogP contribution in [0.4, 0.5) is 23.2 Å². The lowest BCUT2D eigenvalue weighted by Crippen LogP contribution is -2.18. The van der Waals surface area contributed by atoms with Crippen LogP contribution >= 0.6 is 0 Å². The minimum Gasteiger partial charge on any atom is -0.455 e. The summed E-state index contributed by atoms with van der Waals surface area (Å²) >= 11 is 0. The molecule has 2 aromatic carbocycles. The first kappa shape index (κ1) is 20.3. The number of alkyl halides is 3. The summed E-state index contributed by atoms with van der Waals surface area (Å²) < 4.78 is 59.0. The van der Waals surface area contributed by atoms with E-state index in [2.05, 4.69) is 10.3 Å². The van der Waals surface area contributed by atoms with Crippen molar-refractivity contribution < 1.29 is 28.5 Å². The predicted octanol–water partition coefficient (Wildman–Crippen LogP) is 6.15. The second-order valence-electron chi connectivity index (χ2n) is 6.25. The van der Waals surface area contributed by atoms with Crippen molar-refractivity contribution in [3.05, 3.63) is 82.9 Å². The lowest BCUT2D eigenvalue weighted by molar-refractivity contribution is -0.138. The normalized spacial score (nSPS) is 11.2. The zero-order valence-corrected chi connectivity index (χ0v) is 15.5. The van der Waals surface area contributed by atoms with Crippen LogP contribution in [0.25, 0.3) is 0 Å². The van der Waals surface area contributed by atoms with Crippen LogP contribution < -0.4 is 10.1 Å². The van der Waals surface area contributed by atoms with Crippen molar-refractivity contribution in [2.24, 2.45) is 0 Å². The van der Waals surface area contributed by atoms with E-state index in [0.29, 0.717) is 5.69 Å². The molecule has 1 aromatic heterocycles. The van der Waals surface area contributed by atoms with E-state index < -0.39 is 23.6 Å².